The second kappa shape index (κ2) is 7.50. The summed E-state index contributed by atoms with van der Waals surface area (Å²) in [6.45, 7) is 4.52. The molecular weight excluding hydrogens is 370 g/mol. The van der Waals surface area contributed by atoms with E-state index in [4.69, 9.17) is 5.73 Å². The summed E-state index contributed by atoms with van der Waals surface area (Å²) in [6.07, 6.45) is 6.51. The SMILES string of the molecule is Cc1ccc([C@H]2CC[C@H](C)CN2C(=O)C(=O)Nc2cnc(N)c3cn[nH]c23)cn1. The van der Waals surface area contributed by atoms with Crippen LogP contribution in [0.4, 0.5) is 11.5 Å². The van der Waals surface area contributed by atoms with E-state index in [1.54, 1.807) is 11.1 Å². The molecule has 150 valence electrons. The van der Waals surface area contributed by atoms with Gasteiger partial charge >= 0.3 is 11.8 Å². The van der Waals surface area contributed by atoms with Crippen LogP contribution in [0, 0.1) is 12.8 Å². The number of nitrogen functional groups attached to an aromatic ring is 1. The lowest BCUT2D eigenvalue weighted by molar-refractivity contribution is -0.146. The van der Waals surface area contributed by atoms with Crippen LogP contribution in [0.15, 0.2) is 30.7 Å². The molecular formula is C20H23N7O2. The van der Waals surface area contributed by atoms with Gasteiger partial charge in [-0.05, 0) is 37.3 Å². The lowest BCUT2D eigenvalue weighted by atomic mass is 9.90. The lowest BCUT2D eigenvalue weighted by Crippen LogP contribution is -2.46. The summed E-state index contributed by atoms with van der Waals surface area (Å²) in [5.41, 5.74) is 8.57. The van der Waals surface area contributed by atoms with Gasteiger partial charge in [-0.15, -0.1) is 0 Å². The van der Waals surface area contributed by atoms with E-state index < -0.39 is 11.8 Å². The van der Waals surface area contributed by atoms with Gasteiger partial charge in [0.1, 0.15) is 5.82 Å². The minimum Gasteiger partial charge on any atom is -0.383 e. The highest BCUT2D eigenvalue weighted by molar-refractivity contribution is 6.40. The van der Waals surface area contributed by atoms with Crippen LogP contribution >= 0.6 is 0 Å². The maximum absolute atomic E-state index is 13.1. The summed E-state index contributed by atoms with van der Waals surface area (Å²) in [7, 11) is 0. The van der Waals surface area contributed by atoms with Crippen LogP contribution in [0.2, 0.25) is 0 Å². The maximum Gasteiger partial charge on any atom is 0.314 e. The number of aromatic nitrogens is 4. The molecule has 0 spiro atoms. The van der Waals surface area contributed by atoms with Gasteiger partial charge in [-0.2, -0.15) is 5.10 Å². The average Bonchev–Trinajstić information content (AvgIpc) is 3.21. The molecule has 1 saturated heterocycles. The van der Waals surface area contributed by atoms with Gasteiger partial charge in [0.15, 0.2) is 0 Å². The Morgan fingerprint density at radius 1 is 1.21 bits per heavy atom. The molecule has 2 atom stereocenters. The van der Waals surface area contributed by atoms with E-state index in [1.165, 1.54) is 12.4 Å². The van der Waals surface area contributed by atoms with Crippen molar-refractivity contribution in [3.8, 4) is 0 Å². The van der Waals surface area contributed by atoms with E-state index >= 15 is 0 Å². The third-order valence-corrected chi connectivity index (χ3v) is 5.36. The molecule has 0 aliphatic carbocycles. The van der Waals surface area contributed by atoms with Crippen LogP contribution in [0.3, 0.4) is 0 Å². The number of nitrogens with zero attached hydrogens (tertiary/aromatic N) is 4. The number of carbonyl (C=O) groups excluding carboxylic acids is 2. The number of aromatic amines is 1. The van der Waals surface area contributed by atoms with Crippen molar-refractivity contribution in [2.45, 2.75) is 32.7 Å². The summed E-state index contributed by atoms with van der Waals surface area (Å²) in [5, 5.41) is 9.96. The first-order chi connectivity index (χ1) is 13.9. The molecule has 2 amide bonds. The predicted molar refractivity (Wildman–Crippen MR) is 109 cm³/mol. The van der Waals surface area contributed by atoms with E-state index in [0.29, 0.717) is 34.9 Å². The topological polar surface area (TPSA) is 130 Å². The number of amides is 2. The van der Waals surface area contributed by atoms with Gasteiger partial charge < -0.3 is 16.0 Å². The first-order valence-electron chi connectivity index (χ1n) is 9.56. The first-order valence-corrected chi connectivity index (χ1v) is 9.56. The van der Waals surface area contributed by atoms with Crippen molar-refractivity contribution in [3.63, 3.8) is 0 Å². The van der Waals surface area contributed by atoms with Crippen molar-refractivity contribution in [1.29, 1.82) is 0 Å². The summed E-state index contributed by atoms with van der Waals surface area (Å²) >= 11 is 0. The van der Waals surface area contributed by atoms with E-state index in [2.05, 4.69) is 32.4 Å². The molecule has 0 radical (unpaired) electrons. The Kier molecular flexibility index (Phi) is 4.87. The van der Waals surface area contributed by atoms with Gasteiger partial charge in [0.25, 0.3) is 0 Å². The number of anilines is 2. The Morgan fingerprint density at radius 3 is 2.79 bits per heavy atom. The summed E-state index contributed by atoms with van der Waals surface area (Å²) in [6, 6.07) is 3.72. The Bertz CT molecular complexity index is 1060. The van der Waals surface area contributed by atoms with Crippen LogP contribution in [0.5, 0.6) is 0 Å². The fourth-order valence-electron chi connectivity index (χ4n) is 3.75. The van der Waals surface area contributed by atoms with Crippen molar-refractivity contribution >= 4 is 34.2 Å². The van der Waals surface area contributed by atoms with Crippen LogP contribution in [-0.4, -0.2) is 43.4 Å². The molecule has 3 aromatic heterocycles. The zero-order valence-electron chi connectivity index (χ0n) is 16.3. The number of hydrogen-bond donors (Lipinski definition) is 3. The van der Waals surface area contributed by atoms with Crippen molar-refractivity contribution in [2.24, 2.45) is 5.92 Å². The molecule has 9 heteroatoms. The Morgan fingerprint density at radius 2 is 2.03 bits per heavy atom. The van der Waals surface area contributed by atoms with Gasteiger partial charge in [0.05, 0.1) is 35.0 Å². The van der Waals surface area contributed by atoms with E-state index in [0.717, 1.165) is 24.1 Å². The molecule has 3 aromatic rings. The Hall–Kier alpha value is -3.49. The monoisotopic (exact) mass is 393 g/mol. The number of hydrogen-bond acceptors (Lipinski definition) is 6. The van der Waals surface area contributed by atoms with Crippen LogP contribution in [-0.2, 0) is 9.59 Å². The van der Waals surface area contributed by atoms with Gasteiger partial charge in [-0.3, -0.25) is 19.7 Å². The summed E-state index contributed by atoms with van der Waals surface area (Å²) < 4.78 is 0. The Balaban J connectivity index is 1.58. The quantitative estimate of drug-likeness (QED) is 0.572. The highest BCUT2D eigenvalue weighted by Crippen LogP contribution is 2.33. The molecule has 1 aliphatic heterocycles. The number of fused-ring (bicyclic) bond motifs is 1. The summed E-state index contributed by atoms with van der Waals surface area (Å²) in [4.78, 5) is 35.9. The molecule has 0 unspecified atom stereocenters. The molecule has 0 bridgehead atoms. The van der Waals surface area contributed by atoms with Crippen molar-refractivity contribution in [2.75, 3.05) is 17.6 Å². The van der Waals surface area contributed by atoms with Crippen LogP contribution < -0.4 is 11.1 Å². The molecule has 0 aromatic carbocycles. The number of nitrogens with one attached hydrogen (secondary N) is 2. The molecule has 1 fully saturated rings. The third kappa shape index (κ3) is 3.63. The number of pyridine rings is 2. The largest absolute Gasteiger partial charge is 0.383 e. The molecule has 4 rings (SSSR count). The number of likely N-dealkylation sites (tertiary alicyclic amines) is 1. The fourth-order valence-corrected chi connectivity index (χ4v) is 3.75. The highest BCUT2D eigenvalue weighted by Gasteiger charge is 2.34. The Labute approximate surface area is 167 Å². The van der Waals surface area contributed by atoms with E-state index in [1.807, 2.05) is 19.1 Å². The fraction of sp³-hybridized carbons (Fsp3) is 0.350. The van der Waals surface area contributed by atoms with Gasteiger partial charge in [-0.25, -0.2) is 4.98 Å². The standard InChI is InChI=1S/C20H23N7O2/c1-11-3-6-16(13-5-4-12(2)22-7-13)27(10-11)20(29)19(28)25-15-9-23-18(21)14-8-24-26-17(14)15/h4-5,7-9,11,16H,3,6,10H2,1-2H3,(H2,21,23)(H,24,26)(H,25,28)/t11-,16+/m0/s1. The van der Waals surface area contributed by atoms with Crippen molar-refractivity contribution in [3.05, 3.63) is 42.0 Å². The van der Waals surface area contributed by atoms with Gasteiger partial charge in [-0.1, -0.05) is 13.0 Å². The number of rotatable bonds is 2. The van der Waals surface area contributed by atoms with Gasteiger partial charge in [0.2, 0.25) is 0 Å². The highest BCUT2D eigenvalue weighted by atomic mass is 16.2. The molecule has 1 aliphatic rings. The zero-order valence-corrected chi connectivity index (χ0v) is 16.3. The van der Waals surface area contributed by atoms with E-state index in [-0.39, 0.29) is 6.04 Å². The minimum atomic E-state index is -0.716. The molecule has 29 heavy (non-hydrogen) atoms. The average molecular weight is 393 g/mol. The van der Waals surface area contributed by atoms with Crippen LogP contribution in [0.25, 0.3) is 10.9 Å². The number of H-pyrrole nitrogens is 1. The molecule has 4 heterocycles. The second-order valence-electron chi connectivity index (χ2n) is 7.56. The lowest BCUT2D eigenvalue weighted by Gasteiger charge is -2.38. The molecule has 9 nitrogen and oxygen atoms in total. The minimum absolute atomic E-state index is 0.172. The second-order valence-corrected chi connectivity index (χ2v) is 7.56. The number of aryl methyl sites for hydroxylation is 1. The van der Waals surface area contributed by atoms with Crippen molar-refractivity contribution < 1.29 is 9.59 Å². The van der Waals surface area contributed by atoms with E-state index in [9.17, 15) is 9.59 Å². The van der Waals surface area contributed by atoms with Gasteiger partial charge in [0, 0.05) is 18.4 Å². The normalized spacial score (nSPS) is 19.3. The molecule has 4 N–H and O–H groups in total. The third-order valence-electron chi connectivity index (χ3n) is 5.36. The number of piperidine rings is 1. The smallest absolute Gasteiger partial charge is 0.314 e. The van der Waals surface area contributed by atoms with Crippen LogP contribution in [0.1, 0.15) is 37.1 Å². The number of nitrogens with two attached hydrogens (primary N) is 1. The predicted octanol–water partition coefficient (Wildman–Crippen LogP) is 2.18. The molecule has 0 saturated carbocycles. The zero-order chi connectivity index (χ0) is 20.5. The summed E-state index contributed by atoms with van der Waals surface area (Å²) in [5.74, 6) is -0.674. The van der Waals surface area contributed by atoms with Crippen molar-refractivity contribution in [1.82, 2.24) is 25.1 Å². The first kappa shape index (κ1) is 18.9. The maximum atomic E-state index is 13.1. The number of carbonyl (C=O) groups is 2.